The fourth-order valence-electron chi connectivity index (χ4n) is 2.47. The van der Waals surface area contributed by atoms with Gasteiger partial charge in [0.2, 0.25) is 0 Å². The van der Waals surface area contributed by atoms with Crippen LogP contribution in [0, 0.1) is 5.92 Å². The highest BCUT2D eigenvalue weighted by atomic mass is 16.5. The number of nitrogens with one attached hydrogen (secondary N) is 1. The molecule has 1 rings (SSSR count). The molecular weight excluding hydrogens is 174 g/mol. The van der Waals surface area contributed by atoms with Crippen LogP contribution in [0.15, 0.2) is 0 Å². The highest BCUT2D eigenvalue weighted by Gasteiger charge is 2.30. The smallest absolute Gasteiger partial charge is 0.0775 e. The van der Waals surface area contributed by atoms with Crippen LogP contribution in [-0.4, -0.2) is 25.8 Å². The van der Waals surface area contributed by atoms with Gasteiger partial charge in [0, 0.05) is 13.2 Å². The van der Waals surface area contributed by atoms with E-state index < -0.39 is 0 Å². The van der Waals surface area contributed by atoms with E-state index in [0.717, 1.165) is 5.92 Å². The molecule has 0 heterocycles. The molecule has 0 saturated heterocycles. The second-order valence-electron chi connectivity index (χ2n) is 5.04. The van der Waals surface area contributed by atoms with Crippen molar-refractivity contribution >= 4 is 0 Å². The van der Waals surface area contributed by atoms with Crippen molar-refractivity contribution in [1.29, 1.82) is 0 Å². The van der Waals surface area contributed by atoms with Crippen LogP contribution in [-0.2, 0) is 4.74 Å². The third-order valence-electron chi connectivity index (χ3n) is 3.76. The number of likely N-dealkylation sites (N-methyl/N-ethyl adjacent to an activating group) is 1. The predicted molar refractivity (Wildman–Crippen MR) is 60.5 cm³/mol. The quantitative estimate of drug-likeness (QED) is 0.735. The van der Waals surface area contributed by atoms with Gasteiger partial charge in [0.05, 0.1) is 5.60 Å². The van der Waals surface area contributed by atoms with Gasteiger partial charge in [-0.3, -0.25) is 0 Å². The summed E-state index contributed by atoms with van der Waals surface area (Å²) in [6, 6.07) is 0.482. The summed E-state index contributed by atoms with van der Waals surface area (Å²) in [5.74, 6) is 0.918. The number of ether oxygens (including phenoxy) is 1. The van der Waals surface area contributed by atoms with Gasteiger partial charge in [0.1, 0.15) is 0 Å². The van der Waals surface area contributed by atoms with Gasteiger partial charge < -0.3 is 10.1 Å². The van der Waals surface area contributed by atoms with Gasteiger partial charge in [-0.15, -0.1) is 0 Å². The highest BCUT2D eigenvalue weighted by molar-refractivity contribution is 4.87. The Morgan fingerprint density at radius 2 is 1.93 bits per heavy atom. The van der Waals surface area contributed by atoms with Gasteiger partial charge in [-0.25, -0.2) is 0 Å². The van der Waals surface area contributed by atoms with Gasteiger partial charge in [-0.2, -0.15) is 0 Å². The van der Waals surface area contributed by atoms with Crippen molar-refractivity contribution in [1.82, 2.24) is 5.32 Å². The highest BCUT2D eigenvalue weighted by Crippen LogP contribution is 2.31. The Balaban J connectivity index is 2.44. The standard InChI is InChI=1S/C12H25NO/c1-12(2,14-4)11(13-3)9-10-7-5-6-8-10/h10-11,13H,5-9H2,1-4H3. The van der Waals surface area contributed by atoms with Crippen LogP contribution >= 0.6 is 0 Å². The van der Waals surface area contributed by atoms with E-state index >= 15 is 0 Å². The zero-order chi connectivity index (χ0) is 10.6. The number of rotatable bonds is 5. The third-order valence-corrected chi connectivity index (χ3v) is 3.76. The second kappa shape index (κ2) is 5.13. The minimum atomic E-state index is -0.0443. The van der Waals surface area contributed by atoms with Gasteiger partial charge in [-0.1, -0.05) is 25.7 Å². The van der Waals surface area contributed by atoms with Crippen LogP contribution in [0.3, 0.4) is 0 Å². The van der Waals surface area contributed by atoms with Crippen LogP contribution in [0.2, 0.25) is 0 Å². The van der Waals surface area contributed by atoms with Crippen LogP contribution in [0.5, 0.6) is 0 Å². The first-order chi connectivity index (χ1) is 6.60. The molecule has 14 heavy (non-hydrogen) atoms. The average Bonchev–Trinajstić information content (AvgIpc) is 2.66. The van der Waals surface area contributed by atoms with Crippen molar-refractivity contribution in [3.63, 3.8) is 0 Å². The molecular formula is C12H25NO. The van der Waals surface area contributed by atoms with Gasteiger partial charge in [0.25, 0.3) is 0 Å². The van der Waals surface area contributed by atoms with E-state index in [9.17, 15) is 0 Å². The number of methoxy groups -OCH3 is 1. The topological polar surface area (TPSA) is 21.3 Å². The zero-order valence-corrected chi connectivity index (χ0v) is 10.1. The van der Waals surface area contributed by atoms with E-state index in [2.05, 4.69) is 19.2 Å². The van der Waals surface area contributed by atoms with Crippen molar-refractivity contribution in [2.75, 3.05) is 14.2 Å². The minimum Gasteiger partial charge on any atom is -0.377 e. The summed E-state index contributed by atoms with van der Waals surface area (Å²) in [4.78, 5) is 0. The lowest BCUT2D eigenvalue weighted by Gasteiger charge is -2.34. The largest absolute Gasteiger partial charge is 0.377 e. The van der Waals surface area contributed by atoms with Crippen molar-refractivity contribution in [2.45, 2.75) is 57.6 Å². The molecule has 84 valence electrons. The maximum absolute atomic E-state index is 5.54. The molecule has 1 aliphatic carbocycles. The zero-order valence-electron chi connectivity index (χ0n) is 10.1. The van der Waals surface area contributed by atoms with Gasteiger partial charge in [-0.05, 0) is 33.2 Å². The second-order valence-corrected chi connectivity index (χ2v) is 5.04. The summed E-state index contributed by atoms with van der Waals surface area (Å²) in [5.41, 5.74) is -0.0443. The van der Waals surface area contributed by atoms with E-state index in [1.807, 2.05) is 7.05 Å². The van der Waals surface area contributed by atoms with E-state index in [-0.39, 0.29) is 5.60 Å². The molecule has 0 bridgehead atoms. The predicted octanol–water partition coefficient (Wildman–Crippen LogP) is 2.58. The molecule has 1 unspecified atom stereocenters. The third kappa shape index (κ3) is 2.96. The molecule has 0 radical (unpaired) electrons. The molecule has 0 spiro atoms. The Kier molecular flexibility index (Phi) is 4.39. The summed E-state index contributed by atoms with van der Waals surface area (Å²) in [7, 11) is 3.85. The summed E-state index contributed by atoms with van der Waals surface area (Å²) < 4.78 is 5.54. The lowest BCUT2D eigenvalue weighted by atomic mass is 9.88. The van der Waals surface area contributed by atoms with E-state index in [1.165, 1.54) is 32.1 Å². The van der Waals surface area contributed by atoms with Crippen LogP contribution < -0.4 is 5.32 Å². The summed E-state index contributed by atoms with van der Waals surface area (Å²) in [5, 5.41) is 3.40. The van der Waals surface area contributed by atoms with Crippen molar-refractivity contribution < 1.29 is 4.74 Å². The molecule has 0 amide bonds. The molecule has 0 aliphatic heterocycles. The Hall–Kier alpha value is -0.0800. The minimum absolute atomic E-state index is 0.0443. The molecule has 1 N–H and O–H groups in total. The molecule has 0 aromatic heterocycles. The first-order valence-electron chi connectivity index (χ1n) is 5.82. The van der Waals surface area contributed by atoms with Crippen molar-refractivity contribution in [3.8, 4) is 0 Å². The molecule has 2 nitrogen and oxygen atoms in total. The molecule has 1 aliphatic rings. The van der Waals surface area contributed by atoms with Crippen LogP contribution in [0.25, 0.3) is 0 Å². The van der Waals surface area contributed by atoms with Crippen LogP contribution in [0.1, 0.15) is 46.0 Å². The number of hydrogen-bond donors (Lipinski definition) is 1. The molecule has 0 aromatic carbocycles. The normalized spacial score (nSPS) is 21.4. The van der Waals surface area contributed by atoms with E-state index in [1.54, 1.807) is 7.11 Å². The van der Waals surface area contributed by atoms with Gasteiger partial charge >= 0.3 is 0 Å². The summed E-state index contributed by atoms with van der Waals surface area (Å²) in [6.07, 6.45) is 6.94. The Labute approximate surface area is 88.4 Å². The number of hydrogen-bond acceptors (Lipinski definition) is 2. The maximum atomic E-state index is 5.54. The maximum Gasteiger partial charge on any atom is 0.0775 e. The first kappa shape index (κ1) is 12.0. The molecule has 2 heteroatoms. The monoisotopic (exact) mass is 199 g/mol. The fraction of sp³-hybridized carbons (Fsp3) is 1.00. The molecule has 0 aromatic rings. The van der Waals surface area contributed by atoms with Gasteiger partial charge in [0.15, 0.2) is 0 Å². The van der Waals surface area contributed by atoms with Crippen molar-refractivity contribution in [2.24, 2.45) is 5.92 Å². The Morgan fingerprint density at radius 1 is 1.36 bits per heavy atom. The average molecular weight is 199 g/mol. The molecule has 1 saturated carbocycles. The molecule has 1 fully saturated rings. The molecule has 1 atom stereocenters. The summed E-state index contributed by atoms with van der Waals surface area (Å²) >= 11 is 0. The first-order valence-corrected chi connectivity index (χ1v) is 5.82. The lowest BCUT2D eigenvalue weighted by Crippen LogP contribution is -2.47. The lowest BCUT2D eigenvalue weighted by molar-refractivity contribution is -0.0145. The fourth-order valence-corrected chi connectivity index (χ4v) is 2.47. The Bertz CT molecular complexity index is 162. The SMILES string of the molecule is CNC(CC1CCCC1)C(C)(C)OC. The van der Waals surface area contributed by atoms with Crippen molar-refractivity contribution in [3.05, 3.63) is 0 Å². The summed E-state index contributed by atoms with van der Waals surface area (Å²) in [6.45, 7) is 4.34. The van der Waals surface area contributed by atoms with E-state index in [4.69, 9.17) is 4.74 Å². The van der Waals surface area contributed by atoms with E-state index in [0.29, 0.717) is 6.04 Å². The van der Waals surface area contributed by atoms with Crippen LogP contribution in [0.4, 0.5) is 0 Å². The Morgan fingerprint density at radius 3 is 2.36 bits per heavy atom.